The number of hydrogen-bond acceptors (Lipinski definition) is 10. The van der Waals surface area contributed by atoms with Crippen LogP contribution in [0.4, 0.5) is 17.6 Å². The van der Waals surface area contributed by atoms with Gasteiger partial charge in [-0.3, -0.25) is 9.00 Å². The lowest BCUT2D eigenvalue weighted by Gasteiger charge is -2.35. The summed E-state index contributed by atoms with van der Waals surface area (Å²) in [5, 5.41) is 0. The van der Waals surface area contributed by atoms with Crippen LogP contribution in [0.2, 0.25) is 0 Å². The van der Waals surface area contributed by atoms with Crippen molar-refractivity contribution in [2.75, 3.05) is 72.5 Å². The first-order valence-electron chi connectivity index (χ1n) is 13.0. The van der Waals surface area contributed by atoms with Gasteiger partial charge in [-0.2, -0.15) is 4.98 Å². The van der Waals surface area contributed by atoms with Gasteiger partial charge in [0.25, 0.3) is 5.91 Å². The van der Waals surface area contributed by atoms with E-state index in [-0.39, 0.29) is 5.91 Å². The lowest BCUT2D eigenvalue weighted by atomic mass is 10.2. The van der Waals surface area contributed by atoms with Crippen molar-refractivity contribution in [1.29, 1.82) is 0 Å². The van der Waals surface area contributed by atoms with Crippen molar-refractivity contribution in [3.05, 3.63) is 66.4 Å². The van der Waals surface area contributed by atoms with E-state index >= 15 is 0 Å². The molecule has 2 fully saturated rings. The molecule has 0 spiro atoms. The summed E-state index contributed by atoms with van der Waals surface area (Å²) >= 11 is 0. The molecule has 5 heterocycles. The molecule has 0 bridgehead atoms. The molecule has 1 aromatic carbocycles. The van der Waals surface area contributed by atoms with Crippen LogP contribution in [0.5, 0.6) is 0 Å². The third-order valence-corrected chi connectivity index (χ3v) is 8.39. The number of benzene rings is 1. The van der Waals surface area contributed by atoms with Crippen LogP contribution in [-0.2, 0) is 17.3 Å². The van der Waals surface area contributed by atoms with Crippen LogP contribution in [-0.4, -0.2) is 92.8 Å². The predicted molar refractivity (Wildman–Crippen MR) is 151 cm³/mol. The lowest BCUT2D eigenvalue weighted by molar-refractivity contribution is 0.0714. The molecule has 2 aliphatic rings. The quantitative estimate of drug-likeness (QED) is 0.357. The topological polar surface area (TPSA) is 112 Å². The van der Waals surface area contributed by atoms with E-state index in [4.69, 9.17) is 14.4 Å². The second-order valence-corrected chi connectivity index (χ2v) is 11.4. The van der Waals surface area contributed by atoms with Gasteiger partial charge in [0.15, 0.2) is 17.4 Å². The van der Waals surface area contributed by atoms with Crippen molar-refractivity contribution in [2.24, 2.45) is 0 Å². The van der Waals surface area contributed by atoms with Crippen LogP contribution < -0.4 is 14.7 Å². The molecule has 39 heavy (non-hydrogen) atoms. The molecule has 2 saturated heterocycles. The fourth-order valence-electron chi connectivity index (χ4n) is 5.00. The number of amides is 1. The number of fused-ring (bicyclic) bond motifs is 1. The summed E-state index contributed by atoms with van der Waals surface area (Å²) in [4.78, 5) is 40.1. The van der Waals surface area contributed by atoms with Gasteiger partial charge >= 0.3 is 0 Å². The number of carbonyl (C=O) groups is 1. The highest BCUT2D eigenvalue weighted by atomic mass is 32.2. The fourth-order valence-corrected chi connectivity index (χ4v) is 6.05. The molecule has 1 amide bonds. The minimum absolute atomic E-state index is 0.112. The molecular weight excluding hydrogens is 516 g/mol. The third-order valence-electron chi connectivity index (χ3n) is 7.12. The molecule has 11 nitrogen and oxygen atoms in total. The van der Waals surface area contributed by atoms with Gasteiger partial charge in [0.05, 0.1) is 6.26 Å². The summed E-state index contributed by atoms with van der Waals surface area (Å²) in [5.41, 5.74) is 2.52. The Kier molecular flexibility index (Phi) is 7.10. The van der Waals surface area contributed by atoms with E-state index in [9.17, 15) is 9.00 Å². The molecule has 12 heteroatoms. The summed E-state index contributed by atoms with van der Waals surface area (Å²) in [6, 6.07) is 13.6. The van der Waals surface area contributed by atoms with Gasteiger partial charge in [-0.05, 0) is 17.7 Å². The van der Waals surface area contributed by atoms with Crippen molar-refractivity contribution >= 4 is 45.3 Å². The Hall–Kier alpha value is -4.06. The number of rotatable bonds is 6. The second kappa shape index (κ2) is 11.0. The van der Waals surface area contributed by atoms with Crippen molar-refractivity contribution < 1.29 is 13.4 Å². The first kappa shape index (κ1) is 25.2. The van der Waals surface area contributed by atoms with Gasteiger partial charge in [-0.1, -0.05) is 30.3 Å². The monoisotopic (exact) mass is 546 g/mol. The summed E-state index contributed by atoms with van der Waals surface area (Å²) in [7, 11) is 1.18. The summed E-state index contributed by atoms with van der Waals surface area (Å²) < 4.78 is 17.4. The van der Waals surface area contributed by atoms with Crippen LogP contribution in [0.3, 0.4) is 0 Å². The Labute approximate surface area is 228 Å². The van der Waals surface area contributed by atoms with Gasteiger partial charge in [0.2, 0.25) is 5.95 Å². The molecule has 0 radical (unpaired) electrons. The maximum atomic E-state index is 12.8. The lowest BCUT2D eigenvalue weighted by Crippen LogP contribution is -2.49. The average molecular weight is 547 g/mol. The number of hydrogen-bond donors (Lipinski definition) is 0. The number of furan rings is 1. The van der Waals surface area contributed by atoms with E-state index < -0.39 is 10.8 Å². The van der Waals surface area contributed by atoms with E-state index in [1.54, 1.807) is 23.4 Å². The van der Waals surface area contributed by atoms with E-state index in [0.717, 1.165) is 17.2 Å². The Bertz CT molecular complexity index is 1470. The van der Waals surface area contributed by atoms with Gasteiger partial charge in [0, 0.05) is 75.2 Å². The van der Waals surface area contributed by atoms with Crippen LogP contribution >= 0.6 is 0 Å². The van der Waals surface area contributed by atoms with Gasteiger partial charge in [-0.15, -0.1) is 0 Å². The molecule has 0 aliphatic carbocycles. The standard InChI is InChI=1S/C27H30N8O3S/c1-32(18-20-6-3-2-4-7-20)24-23-22(28-19-29-24)25(33-13-16-39(37)17-14-33)31-27(30-23)35-11-9-34(10-12-35)26(36)21-8-5-15-38-21/h2-8,15,19H,9-14,16-18H2,1H3. The molecule has 0 unspecified atom stereocenters. The van der Waals surface area contributed by atoms with Crippen LogP contribution in [0, 0.1) is 0 Å². The molecular formula is C27H30N8O3S. The van der Waals surface area contributed by atoms with Crippen molar-refractivity contribution in [2.45, 2.75) is 6.54 Å². The molecule has 3 aromatic heterocycles. The summed E-state index contributed by atoms with van der Waals surface area (Å²) in [6.07, 6.45) is 3.07. The van der Waals surface area contributed by atoms with Gasteiger partial charge < -0.3 is 24.0 Å². The zero-order valence-electron chi connectivity index (χ0n) is 21.8. The predicted octanol–water partition coefficient (Wildman–Crippen LogP) is 2.18. The van der Waals surface area contributed by atoms with Crippen LogP contribution in [0.15, 0.2) is 59.5 Å². The molecule has 0 atom stereocenters. The number of carbonyl (C=O) groups excluding carboxylic acids is 1. The number of piperazine rings is 1. The average Bonchev–Trinajstić information content (AvgIpc) is 3.52. The molecule has 202 valence electrons. The normalized spacial score (nSPS) is 16.6. The van der Waals surface area contributed by atoms with E-state index in [0.29, 0.717) is 80.1 Å². The van der Waals surface area contributed by atoms with Crippen LogP contribution in [0.1, 0.15) is 16.1 Å². The molecule has 4 aromatic rings. The van der Waals surface area contributed by atoms with E-state index in [1.165, 1.54) is 6.26 Å². The first-order chi connectivity index (χ1) is 19.1. The Morgan fingerprint density at radius 2 is 1.69 bits per heavy atom. The Balaban J connectivity index is 1.33. The first-order valence-corrected chi connectivity index (χ1v) is 14.5. The van der Waals surface area contributed by atoms with Crippen LogP contribution in [0.25, 0.3) is 11.0 Å². The van der Waals surface area contributed by atoms with Crippen molar-refractivity contribution in [3.8, 4) is 0 Å². The minimum atomic E-state index is -0.815. The van der Waals surface area contributed by atoms with E-state index in [1.807, 2.05) is 25.2 Å². The zero-order valence-corrected chi connectivity index (χ0v) is 22.6. The van der Waals surface area contributed by atoms with Crippen molar-refractivity contribution in [1.82, 2.24) is 24.8 Å². The maximum Gasteiger partial charge on any atom is 0.289 e. The zero-order chi connectivity index (χ0) is 26.8. The van der Waals surface area contributed by atoms with Gasteiger partial charge in [-0.25, -0.2) is 15.0 Å². The third kappa shape index (κ3) is 5.29. The van der Waals surface area contributed by atoms with E-state index in [2.05, 4.69) is 36.8 Å². The smallest absolute Gasteiger partial charge is 0.289 e. The number of nitrogens with zero attached hydrogens (tertiary/aromatic N) is 8. The molecule has 0 N–H and O–H groups in total. The highest BCUT2D eigenvalue weighted by Crippen LogP contribution is 2.31. The summed E-state index contributed by atoms with van der Waals surface area (Å²) in [5.74, 6) is 3.47. The second-order valence-electron chi connectivity index (χ2n) is 9.68. The largest absolute Gasteiger partial charge is 0.459 e. The van der Waals surface area contributed by atoms with Crippen molar-refractivity contribution in [3.63, 3.8) is 0 Å². The highest BCUT2D eigenvalue weighted by molar-refractivity contribution is 7.85. The summed E-state index contributed by atoms with van der Waals surface area (Å²) in [6.45, 7) is 4.19. The highest BCUT2D eigenvalue weighted by Gasteiger charge is 2.28. The molecule has 6 rings (SSSR count). The molecule has 0 saturated carbocycles. The van der Waals surface area contributed by atoms with Gasteiger partial charge in [0.1, 0.15) is 17.4 Å². The maximum absolute atomic E-state index is 12.8. The Morgan fingerprint density at radius 3 is 2.41 bits per heavy atom. The minimum Gasteiger partial charge on any atom is -0.459 e. The Morgan fingerprint density at radius 1 is 0.923 bits per heavy atom. The SMILES string of the molecule is CN(Cc1ccccc1)c1ncnc2c(N3CCS(=O)CC3)nc(N3CCN(C(=O)c4ccco4)CC3)nc12. The number of aromatic nitrogens is 4. The number of anilines is 3. The molecule has 2 aliphatic heterocycles. The fraction of sp³-hybridized carbons (Fsp3) is 0.370.